The second-order valence-electron chi connectivity index (χ2n) is 5.89. The molecule has 0 spiro atoms. The molecule has 2 aliphatic carbocycles. The van der Waals surface area contributed by atoms with Crippen LogP contribution in [0.2, 0.25) is 0 Å². The summed E-state index contributed by atoms with van der Waals surface area (Å²) in [6.45, 7) is 8.19. The van der Waals surface area contributed by atoms with Crippen LogP contribution in [0.1, 0.15) is 58.8 Å². The molecule has 0 aromatic rings. The lowest BCUT2D eigenvalue weighted by molar-refractivity contribution is -0.144. The van der Waals surface area contributed by atoms with E-state index in [2.05, 4.69) is 20.4 Å². The second-order valence-corrected chi connectivity index (χ2v) is 5.89. The Hall–Kier alpha value is -1.05. The van der Waals surface area contributed by atoms with Crippen LogP contribution in [-0.2, 0) is 9.53 Å². The van der Waals surface area contributed by atoms with Gasteiger partial charge in [0.2, 0.25) is 0 Å². The molecule has 18 heavy (non-hydrogen) atoms. The molecule has 0 saturated heterocycles. The van der Waals surface area contributed by atoms with Crippen molar-refractivity contribution in [2.45, 2.75) is 58.8 Å². The molecule has 1 atom stereocenters. The summed E-state index contributed by atoms with van der Waals surface area (Å²) in [4.78, 5) is 12.1. The first-order valence-electron chi connectivity index (χ1n) is 7.13. The SMILES string of the molecule is C=C(C)[C@@H]1CCC(C)=C(OC(=O)C2CCCC2)C1. The molecule has 1 fully saturated rings. The zero-order chi connectivity index (χ0) is 13.1. The number of carbonyl (C=O) groups is 1. The standard InChI is InChI=1S/C16H24O2/c1-11(2)14-9-8-12(3)15(10-14)18-16(17)13-6-4-5-7-13/h13-14H,1,4-10H2,2-3H3/t14-/m1/s1. The van der Waals surface area contributed by atoms with E-state index in [0.29, 0.717) is 5.92 Å². The number of hydrogen-bond donors (Lipinski definition) is 0. The topological polar surface area (TPSA) is 26.3 Å². The molecule has 0 N–H and O–H groups in total. The fraction of sp³-hybridized carbons (Fsp3) is 0.688. The first-order chi connectivity index (χ1) is 8.58. The van der Waals surface area contributed by atoms with Crippen LogP contribution in [0.3, 0.4) is 0 Å². The Morgan fingerprint density at radius 3 is 2.50 bits per heavy atom. The van der Waals surface area contributed by atoms with E-state index in [1.807, 2.05) is 0 Å². The fourth-order valence-corrected chi connectivity index (χ4v) is 2.95. The van der Waals surface area contributed by atoms with Crippen LogP contribution < -0.4 is 0 Å². The van der Waals surface area contributed by atoms with E-state index >= 15 is 0 Å². The lowest BCUT2D eigenvalue weighted by Gasteiger charge is -2.26. The van der Waals surface area contributed by atoms with Crippen molar-refractivity contribution >= 4 is 5.97 Å². The smallest absolute Gasteiger partial charge is 0.314 e. The van der Waals surface area contributed by atoms with Gasteiger partial charge in [-0.05, 0) is 51.0 Å². The Morgan fingerprint density at radius 1 is 1.22 bits per heavy atom. The molecule has 0 amide bonds. The number of carbonyl (C=O) groups excluding carboxylic acids is 1. The minimum atomic E-state index is 0.00390. The van der Waals surface area contributed by atoms with E-state index in [4.69, 9.17) is 4.74 Å². The molecule has 0 heterocycles. The number of rotatable bonds is 3. The van der Waals surface area contributed by atoms with Crippen molar-refractivity contribution < 1.29 is 9.53 Å². The van der Waals surface area contributed by atoms with Gasteiger partial charge >= 0.3 is 5.97 Å². The molecule has 2 heteroatoms. The highest BCUT2D eigenvalue weighted by atomic mass is 16.5. The Labute approximate surface area is 110 Å². The maximum Gasteiger partial charge on any atom is 0.314 e. The maximum absolute atomic E-state index is 12.1. The molecule has 2 aliphatic rings. The number of hydrogen-bond acceptors (Lipinski definition) is 2. The molecular weight excluding hydrogens is 224 g/mol. The van der Waals surface area contributed by atoms with Crippen molar-refractivity contribution in [1.29, 1.82) is 0 Å². The molecule has 0 aliphatic heterocycles. The van der Waals surface area contributed by atoms with Crippen LogP contribution in [0.25, 0.3) is 0 Å². The summed E-state index contributed by atoms with van der Waals surface area (Å²) in [6.07, 6.45) is 7.40. The highest BCUT2D eigenvalue weighted by Gasteiger charge is 2.28. The van der Waals surface area contributed by atoms with E-state index in [1.165, 1.54) is 24.0 Å². The van der Waals surface area contributed by atoms with Gasteiger partial charge in [-0.3, -0.25) is 4.79 Å². The average Bonchev–Trinajstić information content (AvgIpc) is 2.85. The summed E-state index contributed by atoms with van der Waals surface area (Å²) in [6, 6.07) is 0. The highest BCUT2D eigenvalue weighted by molar-refractivity contribution is 5.73. The van der Waals surface area contributed by atoms with Gasteiger partial charge in [0.15, 0.2) is 0 Å². The van der Waals surface area contributed by atoms with Crippen LogP contribution in [-0.4, -0.2) is 5.97 Å². The van der Waals surface area contributed by atoms with Crippen molar-refractivity contribution in [1.82, 2.24) is 0 Å². The highest BCUT2D eigenvalue weighted by Crippen LogP contribution is 2.35. The lowest BCUT2D eigenvalue weighted by atomic mass is 9.85. The monoisotopic (exact) mass is 248 g/mol. The molecule has 0 aromatic heterocycles. The molecule has 0 radical (unpaired) electrons. The summed E-state index contributed by atoms with van der Waals surface area (Å²) < 4.78 is 5.67. The third kappa shape index (κ3) is 3.04. The van der Waals surface area contributed by atoms with E-state index in [0.717, 1.165) is 37.9 Å². The third-order valence-electron chi connectivity index (χ3n) is 4.38. The van der Waals surface area contributed by atoms with Gasteiger partial charge in [-0.2, -0.15) is 0 Å². The van der Waals surface area contributed by atoms with Gasteiger partial charge in [-0.1, -0.05) is 25.0 Å². The molecule has 0 unspecified atom stereocenters. The van der Waals surface area contributed by atoms with Crippen molar-refractivity contribution in [3.63, 3.8) is 0 Å². The Balaban J connectivity index is 1.98. The van der Waals surface area contributed by atoms with Gasteiger partial charge < -0.3 is 4.74 Å². The van der Waals surface area contributed by atoms with Crippen molar-refractivity contribution in [3.8, 4) is 0 Å². The summed E-state index contributed by atoms with van der Waals surface area (Å²) >= 11 is 0. The number of ether oxygens (including phenoxy) is 1. The van der Waals surface area contributed by atoms with Crippen LogP contribution in [0.15, 0.2) is 23.5 Å². The van der Waals surface area contributed by atoms with Gasteiger partial charge in [0.1, 0.15) is 5.76 Å². The van der Waals surface area contributed by atoms with E-state index in [1.54, 1.807) is 0 Å². The molecule has 0 bridgehead atoms. The fourth-order valence-electron chi connectivity index (χ4n) is 2.95. The predicted molar refractivity (Wildman–Crippen MR) is 72.9 cm³/mol. The zero-order valence-corrected chi connectivity index (χ0v) is 11.6. The minimum Gasteiger partial charge on any atom is -0.431 e. The van der Waals surface area contributed by atoms with Gasteiger partial charge in [-0.15, -0.1) is 0 Å². The van der Waals surface area contributed by atoms with Crippen molar-refractivity contribution in [2.75, 3.05) is 0 Å². The molecule has 2 rings (SSSR count). The van der Waals surface area contributed by atoms with Crippen LogP contribution in [0, 0.1) is 11.8 Å². The number of allylic oxidation sites excluding steroid dienone is 3. The average molecular weight is 248 g/mol. The summed E-state index contributed by atoms with van der Waals surface area (Å²) in [7, 11) is 0. The van der Waals surface area contributed by atoms with Gasteiger partial charge in [0, 0.05) is 6.42 Å². The van der Waals surface area contributed by atoms with Gasteiger partial charge in [0.05, 0.1) is 5.92 Å². The Bertz CT molecular complexity index is 373. The third-order valence-corrected chi connectivity index (χ3v) is 4.38. The van der Waals surface area contributed by atoms with Crippen LogP contribution in [0.4, 0.5) is 0 Å². The summed E-state index contributed by atoms with van der Waals surface area (Å²) in [5, 5.41) is 0. The summed E-state index contributed by atoms with van der Waals surface area (Å²) in [5.41, 5.74) is 2.45. The quantitative estimate of drug-likeness (QED) is 0.547. The minimum absolute atomic E-state index is 0.00390. The number of esters is 1. The van der Waals surface area contributed by atoms with Crippen LogP contribution >= 0.6 is 0 Å². The molecular formula is C16H24O2. The Kier molecular flexibility index (Phi) is 4.26. The van der Waals surface area contributed by atoms with Crippen molar-refractivity contribution in [2.24, 2.45) is 11.8 Å². The molecule has 100 valence electrons. The first kappa shape index (κ1) is 13.4. The van der Waals surface area contributed by atoms with Crippen molar-refractivity contribution in [3.05, 3.63) is 23.5 Å². The predicted octanol–water partition coefficient (Wildman–Crippen LogP) is 4.37. The second kappa shape index (κ2) is 5.73. The molecule has 2 nitrogen and oxygen atoms in total. The van der Waals surface area contributed by atoms with E-state index < -0.39 is 0 Å². The van der Waals surface area contributed by atoms with E-state index in [-0.39, 0.29) is 11.9 Å². The lowest BCUT2D eigenvalue weighted by Crippen LogP contribution is -2.19. The van der Waals surface area contributed by atoms with Crippen LogP contribution in [0.5, 0.6) is 0 Å². The first-order valence-corrected chi connectivity index (χ1v) is 7.13. The van der Waals surface area contributed by atoms with E-state index in [9.17, 15) is 4.79 Å². The molecule has 0 aromatic carbocycles. The zero-order valence-electron chi connectivity index (χ0n) is 11.6. The normalized spacial score (nSPS) is 25.3. The van der Waals surface area contributed by atoms with Gasteiger partial charge in [-0.25, -0.2) is 0 Å². The Morgan fingerprint density at radius 2 is 1.89 bits per heavy atom. The summed E-state index contributed by atoms with van der Waals surface area (Å²) in [5.74, 6) is 1.56. The molecule has 1 saturated carbocycles. The largest absolute Gasteiger partial charge is 0.431 e. The van der Waals surface area contributed by atoms with Gasteiger partial charge in [0.25, 0.3) is 0 Å². The maximum atomic E-state index is 12.1.